The first-order chi connectivity index (χ1) is 13.1. The molecule has 0 N–H and O–H groups in total. The molecule has 0 aromatic heterocycles. The van der Waals surface area contributed by atoms with E-state index in [9.17, 15) is 14.4 Å². The summed E-state index contributed by atoms with van der Waals surface area (Å²) in [4.78, 5) is 41.2. The van der Waals surface area contributed by atoms with Gasteiger partial charge in [0.15, 0.2) is 0 Å². The minimum atomic E-state index is -0.979. The fourth-order valence-corrected chi connectivity index (χ4v) is 3.80. The molecule has 2 aromatic rings. The summed E-state index contributed by atoms with van der Waals surface area (Å²) in [6.07, 6.45) is 0. The zero-order chi connectivity index (χ0) is 19.0. The van der Waals surface area contributed by atoms with Crippen molar-refractivity contribution in [1.82, 2.24) is 4.90 Å². The molecule has 134 valence electrons. The van der Waals surface area contributed by atoms with Gasteiger partial charge in [-0.25, -0.2) is 0 Å². The van der Waals surface area contributed by atoms with Crippen LogP contribution in [0, 0.1) is 23.7 Å². The first kappa shape index (κ1) is 17.0. The molecule has 27 heavy (non-hydrogen) atoms. The van der Waals surface area contributed by atoms with Gasteiger partial charge in [-0.05, 0) is 31.2 Å². The molecule has 2 fully saturated rings. The van der Waals surface area contributed by atoms with E-state index in [1.54, 1.807) is 19.1 Å². The summed E-state index contributed by atoms with van der Waals surface area (Å²) in [6.45, 7) is 2.00. The van der Waals surface area contributed by atoms with Crippen LogP contribution in [0.4, 0.5) is 5.69 Å². The van der Waals surface area contributed by atoms with E-state index >= 15 is 0 Å². The van der Waals surface area contributed by atoms with Gasteiger partial charge in [0.25, 0.3) is 0 Å². The molecule has 4 rings (SSSR count). The van der Waals surface area contributed by atoms with Crippen molar-refractivity contribution < 1.29 is 14.4 Å². The number of imide groups is 1. The number of benzene rings is 2. The molecule has 3 atom stereocenters. The molecular formula is C22H18N2O3. The van der Waals surface area contributed by atoms with Crippen molar-refractivity contribution in [3.8, 4) is 11.8 Å². The number of amides is 3. The van der Waals surface area contributed by atoms with Crippen LogP contribution in [0.1, 0.15) is 12.5 Å². The second kappa shape index (κ2) is 6.73. The molecule has 2 aromatic carbocycles. The number of para-hydroxylation sites is 1. The summed E-state index contributed by atoms with van der Waals surface area (Å²) in [5, 5.41) is 0. The van der Waals surface area contributed by atoms with E-state index in [2.05, 4.69) is 11.8 Å². The average Bonchev–Trinajstić information content (AvgIpc) is 3.13. The molecule has 2 aliphatic rings. The lowest BCUT2D eigenvalue weighted by Gasteiger charge is -2.25. The van der Waals surface area contributed by atoms with Crippen LogP contribution in [0.25, 0.3) is 0 Å². The third-order valence-corrected chi connectivity index (χ3v) is 5.05. The first-order valence-electron chi connectivity index (χ1n) is 8.93. The van der Waals surface area contributed by atoms with Crippen molar-refractivity contribution in [2.75, 3.05) is 11.4 Å². The Hall–Kier alpha value is -3.39. The molecule has 2 saturated heterocycles. The van der Waals surface area contributed by atoms with Gasteiger partial charge in [0.1, 0.15) is 12.0 Å². The maximum absolute atomic E-state index is 13.1. The number of carbonyl (C=O) groups excluding carboxylic acids is 3. The lowest BCUT2D eigenvalue weighted by atomic mass is 9.93. The maximum Gasteiger partial charge on any atom is 0.242 e. The van der Waals surface area contributed by atoms with E-state index in [1.807, 2.05) is 48.5 Å². The number of rotatable bonds is 2. The molecule has 0 spiro atoms. The van der Waals surface area contributed by atoms with Gasteiger partial charge in [-0.1, -0.05) is 48.2 Å². The minimum absolute atomic E-state index is 0.266. The lowest BCUT2D eigenvalue weighted by molar-refractivity contribution is -0.140. The largest absolute Gasteiger partial charge is 0.296 e. The average molecular weight is 358 g/mol. The molecule has 0 bridgehead atoms. The lowest BCUT2D eigenvalue weighted by Crippen LogP contribution is -2.42. The van der Waals surface area contributed by atoms with Crippen molar-refractivity contribution in [2.45, 2.75) is 13.0 Å². The van der Waals surface area contributed by atoms with Crippen molar-refractivity contribution in [1.29, 1.82) is 0 Å². The number of fused-ring (bicyclic) bond motifs is 1. The number of carbonyl (C=O) groups is 3. The monoisotopic (exact) mass is 358 g/mol. The number of hydrogen-bond acceptors (Lipinski definition) is 3. The minimum Gasteiger partial charge on any atom is -0.296 e. The summed E-state index contributed by atoms with van der Waals surface area (Å²) in [7, 11) is 0. The maximum atomic E-state index is 13.1. The predicted octanol–water partition coefficient (Wildman–Crippen LogP) is 2.07. The van der Waals surface area contributed by atoms with E-state index in [1.165, 1.54) is 9.80 Å². The summed E-state index contributed by atoms with van der Waals surface area (Å²) < 4.78 is 0. The Bertz CT molecular complexity index is 959. The molecule has 3 amide bonds. The zero-order valence-electron chi connectivity index (χ0n) is 14.8. The molecule has 0 radical (unpaired) electrons. The zero-order valence-corrected chi connectivity index (χ0v) is 14.8. The van der Waals surface area contributed by atoms with Crippen LogP contribution in [0.5, 0.6) is 0 Å². The highest BCUT2D eigenvalue weighted by Gasteiger charge is 2.61. The van der Waals surface area contributed by atoms with Crippen LogP contribution in [0.2, 0.25) is 0 Å². The molecule has 0 unspecified atom stereocenters. The van der Waals surface area contributed by atoms with Gasteiger partial charge >= 0.3 is 0 Å². The summed E-state index contributed by atoms with van der Waals surface area (Å²) in [6, 6.07) is 17.8. The first-order valence-corrected chi connectivity index (χ1v) is 8.93. The van der Waals surface area contributed by atoms with E-state index in [-0.39, 0.29) is 18.4 Å². The number of likely N-dealkylation sites (tertiary alicyclic amines) is 1. The van der Waals surface area contributed by atoms with Crippen molar-refractivity contribution >= 4 is 23.4 Å². The number of hydrogen-bond donors (Lipinski definition) is 0. The third kappa shape index (κ3) is 2.70. The van der Waals surface area contributed by atoms with Crippen LogP contribution in [-0.2, 0) is 14.4 Å². The van der Waals surface area contributed by atoms with Crippen LogP contribution in [-0.4, -0.2) is 35.2 Å². The van der Waals surface area contributed by atoms with E-state index in [4.69, 9.17) is 0 Å². The Morgan fingerprint density at radius 3 is 2.11 bits per heavy atom. The Morgan fingerprint density at radius 1 is 0.852 bits per heavy atom. The van der Waals surface area contributed by atoms with E-state index in [0.29, 0.717) is 5.69 Å². The van der Waals surface area contributed by atoms with Crippen LogP contribution >= 0.6 is 0 Å². The highest BCUT2D eigenvalue weighted by Crippen LogP contribution is 2.41. The van der Waals surface area contributed by atoms with E-state index in [0.717, 1.165) is 5.56 Å². The van der Waals surface area contributed by atoms with Crippen molar-refractivity contribution in [2.24, 2.45) is 11.8 Å². The second-order valence-electron chi connectivity index (χ2n) is 6.55. The molecule has 2 heterocycles. The van der Waals surface area contributed by atoms with Gasteiger partial charge in [0, 0.05) is 17.8 Å². The predicted molar refractivity (Wildman–Crippen MR) is 100 cm³/mol. The van der Waals surface area contributed by atoms with Crippen LogP contribution in [0.15, 0.2) is 60.7 Å². The van der Waals surface area contributed by atoms with Gasteiger partial charge in [0.2, 0.25) is 17.7 Å². The van der Waals surface area contributed by atoms with Gasteiger partial charge in [-0.2, -0.15) is 0 Å². The second-order valence-corrected chi connectivity index (χ2v) is 6.55. The van der Waals surface area contributed by atoms with Gasteiger partial charge in [-0.15, -0.1) is 0 Å². The Balaban J connectivity index is 1.80. The quantitative estimate of drug-likeness (QED) is 0.469. The number of nitrogens with zero attached hydrogens (tertiary/aromatic N) is 2. The standard InChI is InChI=1S/C22H18N2O3/c1-2-23-20(25)18-17(14-13-15-9-5-3-6-10-15)24(16-11-7-4-8-12-16)22(27)19(18)21(23)26/h3-12,17-19H,2H2,1H3/t17-,18-,19+/m1/s1. The molecular weight excluding hydrogens is 340 g/mol. The Kier molecular flexibility index (Phi) is 4.25. The third-order valence-electron chi connectivity index (χ3n) is 5.05. The molecule has 5 nitrogen and oxygen atoms in total. The highest BCUT2D eigenvalue weighted by atomic mass is 16.2. The normalized spacial score (nSPS) is 24.0. The molecule has 0 aliphatic carbocycles. The van der Waals surface area contributed by atoms with Gasteiger partial charge in [0.05, 0.1) is 5.92 Å². The molecule has 5 heteroatoms. The van der Waals surface area contributed by atoms with E-state index < -0.39 is 23.8 Å². The molecule has 0 saturated carbocycles. The smallest absolute Gasteiger partial charge is 0.242 e. The summed E-state index contributed by atoms with van der Waals surface area (Å²) in [5.41, 5.74) is 1.44. The fraction of sp³-hybridized carbons (Fsp3) is 0.227. The fourth-order valence-electron chi connectivity index (χ4n) is 3.80. The SMILES string of the molecule is CCN1C(=O)[C@H]2C(=O)N(c3ccccc3)[C@H](C#Cc3ccccc3)[C@H]2C1=O. The van der Waals surface area contributed by atoms with Crippen molar-refractivity contribution in [3.05, 3.63) is 66.2 Å². The highest BCUT2D eigenvalue weighted by molar-refractivity contribution is 6.21. The Labute approximate surface area is 157 Å². The Morgan fingerprint density at radius 2 is 1.48 bits per heavy atom. The van der Waals surface area contributed by atoms with Gasteiger partial charge < -0.3 is 0 Å². The summed E-state index contributed by atoms with van der Waals surface area (Å²) >= 11 is 0. The molecule has 2 aliphatic heterocycles. The van der Waals surface area contributed by atoms with Crippen molar-refractivity contribution in [3.63, 3.8) is 0 Å². The number of anilines is 1. The summed E-state index contributed by atoms with van der Waals surface area (Å²) in [5.74, 6) is 3.34. The van der Waals surface area contributed by atoms with Gasteiger partial charge in [-0.3, -0.25) is 24.2 Å². The van der Waals surface area contributed by atoms with Crippen LogP contribution < -0.4 is 4.90 Å². The topological polar surface area (TPSA) is 57.7 Å². The van der Waals surface area contributed by atoms with Crippen LogP contribution in [0.3, 0.4) is 0 Å².